The first-order valence-electron chi connectivity index (χ1n) is 8.46. The number of hydrogen-bond acceptors (Lipinski definition) is 4. The van der Waals surface area contributed by atoms with Crippen molar-refractivity contribution in [3.63, 3.8) is 0 Å². The van der Waals surface area contributed by atoms with Crippen LogP contribution in [0.25, 0.3) is 0 Å². The van der Waals surface area contributed by atoms with Gasteiger partial charge in [-0.1, -0.05) is 12.1 Å². The lowest BCUT2D eigenvalue weighted by Crippen LogP contribution is -2.07. The standard InChI is InChI=1S/C19H22N2O3S/c1-12-9-18(13(2)20(12)16-7-8-16)19(22)11-25-14(3)15-5-4-6-17(10-15)21(23)24/h4-6,9-10,14,16H,7-8,11H2,1-3H3/t14-/m1/s1. The van der Waals surface area contributed by atoms with Crippen molar-refractivity contribution >= 4 is 23.2 Å². The number of hydrogen-bond donors (Lipinski definition) is 0. The number of Topliss-reactive ketones (excluding diaryl/α,β-unsaturated/α-hetero) is 1. The molecule has 1 aliphatic rings. The maximum atomic E-state index is 12.6. The molecule has 0 bridgehead atoms. The highest BCUT2D eigenvalue weighted by Gasteiger charge is 2.28. The molecule has 0 saturated heterocycles. The Kier molecular flexibility index (Phi) is 4.99. The summed E-state index contributed by atoms with van der Waals surface area (Å²) in [6.07, 6.45) is 2.39. The largest absolute Gasteiger partial charge is 0.345 e. The van der Waals surface area contributed by atoms with Gasteiger partial charge in [-0.25, -0.2) is 0 Å². The number of aromatic nitrogens is 1. The molecule has 0 radical (unpaired) electrons. The zero-order valence-corrected chi connectivity index (χ0v) is 15.5. The summed E-state index contributed by atoms with van der Waals surface area (Å²) in [6.45, 7) is 6.05. The summed E-state index contributed by atoms with van der Waals surface area (Å²) < 4.78 is 2.28. The average Bonchev–Trinajstić information content (AvgIpc) is 3.37. The van der Waals surface area contributed by atoms with Crippen LogP contribution in [-0.4, -0.2) is 21.0 Å². The minimum atomic E-state index is -0.390. The predicted molar refractivity (Wildman–Crippen MR) is 100 cm³/mol. The molecule has 0 unspecified atom stereocenters. The van der Waals surface area contributed by atoms with Crippen LogP contribution in [0.5, 0.6) is 0 Å². The summed E-state index contributed by atoms with van der Waals surface area (Å²) in [5, 5.41) is 10.9. The average molecular weight is 358 g/mol. The van der Waals surface area contributed by atoms with E-state index in [4.69, 9.17) is 0 Å². The van der Waals surface area contributed by atoms with Gasteiger partial charge in [-0.15, -0.1) is 11.8 Å². The number of carbonyl (C=O) groups excluding carboxylic acids is 1. The maximum Gasteiger partial charge on any atom is 0.269 e. The van der Waals surface area contributed by atoms with Crippen molar-refractivity contribution in [2.75, 3.05) is 5.75 Å². The molecule has 0 aliphatic heterocycles. The number of carbonyl (C=O) groups is 1. The Morgan fingerprint density at radius 2 is 2.08 bits per heavy atom. The molecule has 1 aromatic heterocycles. The van der Waals surface area contributed by atoms with Crippen molar-refractivity contribution in [3.05, 3.63) is 63.0 Å². The molecule has 2 aromatic rings. The molecule has 1 aromatic carbocycles. The molecule has 5 nitrogen and oxygen atoms in total. The van der Waals surface area contributed by atoms with Gasteiger partial charge in [-0.3, -0.25) is 14.9 Å². The van der Waals surface area contributed by atoms with E-state index < -0.39 is 4.92 Å². The van der Waals surface area contributed by atoms with Crippen LogP contribution >= 0.6 is 11.8 Å². The number of non-ortho nitro benzene ring substituents is 1. The van der Waals surface area contributed by atoms with Crippen molar-refractivity contribution in [2.45, 2.75) is 44.9 Å². The molecule has 0 N–H and O–H groups in total. The van der Waals surface area contributed by atoms with Crippen molar-refractivity contribution in [1.82, 2.24) is 4.57 Å². The van der Waals surface area contributed by atoms with Crippen LogP contribution in [0.3, 0.4) is 0 Å². The second-order valence-electron chi connectivity index (χ2n) is 6.61. The van der Waals surface area contributed by atoms with Gasteiger partial charge in [0.1, 0.15) is 0 Å². The summed E-state index contributed by atoms with van der Waals surface area (Å²) in [6, 6.07) is 9.19. The van der Waals surface area contributed by atoms with Gasteiger partial charge < -0.3 is 4.57 Å². The lowest BCUT2D eigenvalue weighted by atomic mass is 10.1. The van der Waals surface area contributed by atoms with E-state index in [9.17, 15) is 14.9 Å². The highest BCUT2D eigenvalue weighted by atomic mass is 32.2. The van der Waals surface area contributed by atoms with Gasteiger partial charge in [0.2, 0.25) is 0 Å². The van der Waals surface area contributed by atoms with E-state index >= 15 is 0 Å². The number of ketones is 1. The monoisotopic (exact) mass is 358 g/mol. The minimum Gasteiger partial charge on any atom is -0.345 e. The van der Waals surface area contributed by atoms with Gasteiger partial charge in [0, 0.05) is 40.4 Å². The highest BCUT2D eigenvalue weighted by molar-refractivity contribution is 8.00. The van der Waals surface area contributed by atoms with Crippen molar-refractivity contribution in [1.29, 1.82) is 0 Å². The number of rotatable bonds is 7. The topological polar surface area (TPSA) is 65.1 Å². The third kappa shape index (κ3) is 3.79. The Hall–Kier alpha value is -2.08. The van der Waals surface area contributed by atoms with Crippen molar-refractivity contribution in [2.24, 2.45) is 0 Å². The van der Waals surface area contributed by atoms with Gasteiger partial charge in [0.15, 0.2) is 5.78 Å². The molecular weight excluding hydrogens is 336 g/mol. The number of thioether (sulfide) groups is 1. The van der Waals surface area contributed by atoms with Gasteiger partial charge in [-0.05, 0) is 45.2 Å². The van der Waals surface area contributed by atoms with E-state index in [2.05, 4.69) is 11.5 Å². The third-order valence-electron chi connectivity index (χ3n) is 4.71. The Labute approximate surface area is 151 Å². The molecule has 3 rings (SSSR count). The summed E-state index contributed by atoms with van der Waals surface area (Å²) in [4.78, 5) is 23.2. The number of nitro benzene ring substituents is 1. The first-order valence-corrected chi connectivity index (χ1v) is 9.51. The van der Waals surface area contributed by atoms with Gasteiger partial charge in [-0.2, -0.15) is 0 Å². The van der Waals surface area contributed by atoms with E-state index in [0.29, 0.717) is 11.8 Å². The number of nitrogens with zero attached hydrogens (tertiary/aromatic N) is 2. The third-order valence-corrected chi connectivity index (χ3v) is 5.91. The molecule has 25 heavy (non-hydrogen) atoms. The number of benzene rings is 1. The van der Waals surface area contributed by atoms with Gasteiger partial charge in [0.25, 0.3) is 5.69 Å². The Balaban J connectivity index is 1.67. The summed E-state index contributed by atoms with van der Waals surface area (Å²) in [5.41, 5.74) is 3.98. The Morgan fingerprint density at radius 1 is 1.36 bits per heavy atom. The molecule has 1 atom stereocenters. The van der Waals surface area contributed by atoms with E-state index in [1.165, 1.54) is 30.7 Å². The second kappa shape index (κ2) is 7.04. The summed E-state index contributed by atoms with van der Waals surface area (Å²) >= 11 is 1.52. The predicted octanol–water partition coefficient (Wildman–Crippen LogP) is 5.03. The molecule has 1 heterocycles. The fraction of sp³-hybridized carbons (Fsp3) is 0.421. The van der Waals surface area contributed by atoms with Crippen molar-refractivity contribution in [3.8, 4) is 0 Å². The van der Waals surface area contributed by atoms with Crippen LogP contribution in [0.15, 0.2) is 30.3 Å². The molecule has 6 heteroatoms. The van der Waals surface area contributed by atoms with E-state index in [-0.39, 0.29) is 16.7 Å². The molecule has 0 spiro atoms. The quantitative estimate of drug-likeness (QED) is 0.396. The van der Waals surface area contributed by atoms with Crippen LogP contribution in [0.4, 0.5) is 5.69 Å². The van der Waals surface area contributed by atoms with Crippen molar-refractivity contribution < 1.29 is 9.72 Å². The maximum absolute atomic E-state index is 12.6. The lowest BCUT2D eigenvalue weighted by Gasteiger charge is -2.11. The van der Waals surface area contributed by atoms with Crippen LogP contribution in [0.2, 0.25) is 0 Å². The SMILES string of the molecule is Cc1cc(C(=O)CS[C@H](C)c2cccc([N+](=O)[O-])c2)c(C)n1C1CC1. The van der Waals surface area contributed by atoms with Crippen LogP contribution in [0, 0.1) is 24.0 Å². The highest BCUT2D eigenvalue weighted by Crippen LogP contribution is 2.39. The molecule has 1 aliphatic carbocycles. The smallest absolute Gasteiger partial charge is 0.269 e. The zero-order chi connectivity index (χ0) is 18.1. The minimum absolute atomic E-state index is 0.0239. The van der Waals surface area contributed by atoms with Crippen LogP contribution in [0.1, 0.15) is 58.4 Å². The van der Waals surface area contributed by atoms with Crippen LogP contribution < -0.4 is 0 Å². The fourth-order valence-corrected chi connectivity index (χ4v) is 4.12. The second-order valence-corrected chi connectivity index (χ2v) is 7.94. The Morgan fingerprint density at radius 3 is 2.72 bits per heavy atom. The number of aryl methyl sites for hydroxylation is 1. The molecule has 0 amide bonds. The van der Waals surface area contributed by atoms with E-state index in [0.717, 1.165) is 22.5 Å². The van der Waals surface area contributed by atoms with E-state index in [1.807, 2.05) is 26.0 Å². The summed E-state index contributed by atoms with van der Waals surface area (Å²) in [5.74, 6) is 0.501. The van der Waals surface area contributed by atoms with E-state index in [1.54, 1.807) is 12.1 Å². The molecular formula is C19H22N2O3S. The normalized spacial score (nSPS) is 15.2. The zero-order valence-electron chi connectivity index (χ0n) is 14.7. The van der Waals surface area contributed by atoms with Gasteiger partial charge in [0.05, 0.1) is 10.7 Å². The fourth-order valence-electron chi connectivity index (χ4n) is 3.22. The number of nitro groups is 1. The first-order chi connectivity index (χ1) is 11.9. The Bertz CT molecular complexity index is 824. The lowest BCUT2D eigenvalue weighted by molar-refractivity contribution is -0.384. The molecule has 1 fully saturated rings. The van der Waals surface area contributed by atoms with Crippen LogP contribution in [-0.2, 0) is 0 Å². The summed E-state index contributed by atoms with van der Waals surface area (Å²) in [7, 11) is 0. The molecule has 1 saturated carbocycles. The van der Waals surface area contributed by atoms with Gasteiger partial charge >= 0.3 is 0 Å². The molecule has 132 valence electrons. The first kappa shape index (κ1) is 17.7.